The van der Waals surface area contributed by atoms with E-state index >= 15 is 0 Å². The summed E-state index contributed by atoms with van der Waals surface area (Å²) < 4.78 is 0. The summed E-state index contributed by atoms with van der Waals surface area (Å²) in [5, 5.41) is 0. The molecular formula is C18H17. The van der Waals surface area contributed by atoms with Gasteiger partial charge in [0, 0.05) is 11.1 Å². The molecule has 0 heteroatoms. The predicted molar refractivity (Wildman–Crippen MR) is 77.3 cm³/mol. The average Bonchev–Trinajstić information content (AvgIpc) is 2.39. The molecule has 2 rings (SSSR count). The van der Waals surface area contributed by atoms with Crippen molar-refractivity contribution in [1.82, 2.24) is 0 Å². The number of rotatable bonds is 2. The zero-order valence-electron chi connectivity index (χ0n) is 10.9. The first-order chi connectivity index (χ1) is 8.79. The van der Waals surface area contributed by atoms with Crippen LogP contribution in [0.5, 0.6) is 0 Å². The third kappa shape index (κ3) is 3.25. The second kappa shape index (κ2) is 6.07. The Balaban J connectivity index is 2.25. The monoisotopic (exact) mass is 233 g/mol. The summed E-state index contributed by atoms with van der Waals surface area (Å²) in [6.07, 6.45) is 3.16. The van der Waals surface area contributed by atoms with E-state index in [4.69, 9.17) is 0 Å². The van der Waals surface area contributed by atoms with Crippen molar-refractivity contribution in [2.45, 2.75) is 20.3 Å². The van der Waals surface area contributed by atoms with Crippen LogP contribution in [0.2, 0.25) is 0 Å². The Kier molecular flexibility index (Phi) is 4.20. The molecule has 0 atom stereocenters. The van der Waals surface area contributed by atoms with Gasteiger partial charge < -0.3 is 0 Å². The lowest BCUT2D eigenvalue weighted by Gasteiger charge is -1.99. The molecule has 2 aromatic carbocycles. The molecular weight excluding hydrogens is 216 g/mol. The van der Waals surface area contributed by atoms with E-state index in [-0.39, 0.29) is 0 Å². The van der Waals surface area contributed by atoms with Gasteiger partial charge in [-0.25, -0.2) is 0 Å². The molecule has 0 nitrogen and oxygen atoms in total. The van der Waals surface area contributed by atoms with Crippen LogP contribution in [0.25, 0.3) is 0 Å². The maximum Gasteiger partial charge on any atom is 0.0278 e. The van der Waals surface area contributed by atoms with Gasteiger partial charge in [-0.15, -0.1) is 0 Å². The zero-order valence-corrected chi connectivity index (χ0v) is 10.9. The van der Waals surface area contributed by atoms with Gasteiger partial charge in [-0.1, -0.05) is 49.1 Å². The van der Waals surface area contributed by atoms with Crippen molar-refractivity contribution < 1.29 is 0 Å². The lowest BCUT2D eigenvalue weighted by atomic mass is 10.1. The molecule has 0 unspecified atom stereocenters. The summed E-state index contributed by atoms with van der Waals surface area (Å²) in [4.78, 5) is 0. The highest BCUT2D eigenvalue weighted by atomic mass is 14.0. The van der Waals surface area contributed by atoms with Gasteiger partial charge >= 0.3 is 0 Å². The first-order valence-electron chi connectivity index (χ1n) is 6.24. The molecule has 0 aromatic heterocycles. The van der Waals surface area contributed by atoms with Crippen LogP contribution < -0.4 is 0 Å². The maximum absolute atomic E-state index is 3.24. The van der Waals surface area contributed by atoms with E-state index in [0.717, 1.165) is 17.5 Å². The summed E-state index contributed by atoms with van der Waals surface area (Å²) in [5.41, 5.74) is 4.72. The van der Waals surface area contributed by atoms with E-state index in [1.807, 2.05) is 12.1 Å². The van der Waals surface area contributed by atoms with Gasteiger partial charge in [0.15, 0.2) is 0 Å². The van der Waals surface area contributed by atoms with E-state index in [2.05, 4.69) is 68.5 Å². The fraction of sp³-hybridized carbons (Fsp3) is 0.167. The minimum atomic E-state index is 1.000. The molecule has 0 aliphatic carbocycles. The van der Waals surface area contributed by atoms with Crippen LogP contribution in [0.1, 0.15) is 29.2 Å². The third-order valence-corrected chi connectivity index (χ3v) is 2.85. The number of aryl methyl sites for hydroxylation is 1. The van der Waals surface area contributed by atoms with Gasteiger partial charge in [-0.2, -0.15) is 0 Å². The molecule has 0 spiro atoms. The Hall–Kier alpha value is -2.00. The quantitative estimate of drug-likeness (QED) is 0.683. The molecule has 0 aliphatic rings. The minimum Gasteiger partial charge on any atom is -0.0619 e. The van der Waals surface area contributed by atoms with Gasteiger partial charge in [0.1, 0.15) is 0 Å². The van der Waals surface area contributed by atoms with Crippen LogP contribution in [-0.4, -0.2) is 0 Å². The zero-order chi connectivity index (χ0) is 12.8. The van der Waals surface area contributed by atoms with Gasteiger partial charge in [0.25, 0.3) is 0 Å². The van der Waals surface area contributed by atoms with Crippen LogP contribution in [0, 0.1) is 25.2 Å². The van der Waals surface area contributed by atoms with E-state index in [1.165, 1.54) is 11.1 Å². The molecule has 0 aliphatic heterocycles. The maximum atomic E-state index is 3.24. The average molecular weight is 233 g/mol. The molecule has 1 radical (unpaired) electrons. The molecule has 18 heavy (non-hydrogen) atoms. The molecule has 0 heterocycles. The topological polar surface area (TPSA) is 0 Å². The highest BCUT2D eigenvalue weighted by Crippen LogP contribution is 2.08. The Morgan fingerprint density at radius 3 is 2.61 bits per heavy atom. The van der Waals surface area contributed by atoms with Crippen molar-refractivity contribution in [3.63, 3.8) is 0 Å². The van der Waals surface area contributed by atoms with Gasteiger partial charge in [0.05, 0.1) is 0 Å². The molecule has 0 saturated heterocycles. The standard InChI is InChI=1S/C18H17/c1-3-7-16-9-6-10-17(14-16)12-13-18-11-5-4-8-15(18)2/h3-6,8-11,14H,7H2,1-2H3. The second-order valence-corrected chi connectivity index (χ2v) is 4.38. The van der Waals surface area contributed by atoms with E-state index in [0.29, 0.717) is 0 Å². The van der Waals surface area contributed by atoms with Crippen LogP contribution in [0.4, 0.5) is 0 Å². The molecule has 0 bridgehead atoms. The SMILES string of the molecule is C[CH]Cc1cccc(C#Cc2ccccc2C)c1. The summed E-state index contributed by atoms with van der Waals surface area (Å²) in [6, 6.07) is 16.6. The van der Waals surface area contributed by atoms with Gasteiger partial charge in [-0.05, 0) is 49.1 Å². The fourth-order valence-electron chi connectivity index (χ4n) is 1.86. The Labute approximate surface area is 110 Å². The normalized spacial score (nSPS) is 9.67. The molecule has 2 aromatic rings. The van der Waals surface area contributed by atoms with Gasteiger partial charge in [-0.3, -0.25) is 0 Å². The number of hydrogen-bond donors (Lipinski definition) is 0. The lowest BCUT2D eigenvalue weighted by Crippen LogP contribution is -1.85. The Bertz CT molecular complexity index is 582. The number of hydrogen-bond acceptors (Lipinski definition) is 0. The highest BCUT2D eigenvalue weighted by Gasteiger charge is 1.93. The van der Waals surface area contributed by atoms with Crippen molar-refractivity contribution in [1.29, 1.82) is 0 Å². The minimum absolute atomic E-state index is 1.000. The molecule has 0 saturated carbocycles. The van der Waals surface area contributed by atoms with Crippen molar-refractivity contribution in [2.24, 2.45) is 0 Å². The molecule has 89 valence electrons. The molecule has 0 fully saturated rings. The van der Waals surface area contributed by atoms with Crippen LogP contribution in [0.3, 0.4) is 0 Å². The second-order valence-electron chi connectivity index (χ2n) is 4.38. The van der Waals surface area contributed by atoms with Crippen LogP contribution in [-0.2, 0) is 6.42 Å². The first-order valence-corrected chi connectivity index (χ1v) is 6.24. The summed E-state index contributed by atoms with van der Waals surface area (Å²) in [5.74, 6) is 6.48. The van der Waals surface area contributed by atoms with Crippen molar-refractivity contribution in [2.75, 3.05) is 0 Å². The summed E-state index contributed by atoms with van der Waals surface area (Å²) >= 11 is 0. The predicted octanol–water partition coefficient (Wildman–Crippen LogP) is 4.16. The van der Waals surface area contributed by atoms with Crippen LogP contribution >= 0.6 is 0 Å². The molecule has 0 N–H and O–H groups in total. The smallest absolute Gasteiger partial charge is 0.0278 e. The summed E-state index contributed by atoms with van der Waals surface area (Å²) in [6.45, 7) is 4.16. The van der Waals surface area contributed by atoms with Crippen molar-refractivity contribution in [3.8, 4) is 11.8 Å². The fourth-order valence-corrected chi connectivity index (χ4v) is 1.86. The molecule has 0 amide bonds. The lowest BCUT2D eigenvalue weighted by molar-refractivity contribution is 1.14. The van der Waals surface area contributed by atoms with E-state index in [9.17, 15) is 0 Å². The van der Waals surface area contributed by atoms with Crippen molar-refractivity contribution in [3.05, 3.63) is 77.2 Å². The summed E-state index contributed by atoms with van der Waals surface area (Å²) in [7, 11) is 0. The first kappa shape index (κ1) is 12.5. The largest absolute Gasteiger partial charge is 0.0619 e. The Morgan fingerprint density at radius 2 is 1.83 bits per heavy atom. The van der Waals surface area contributed by atoms with E-state index in [1.54, 1.807) is 0 Å². The van der Waals surface area contributed by atoms with Gasteiger partial charge in [0.2, 0.25) is 0 Å². The van der Waals surface area contributed by atoms with Crippen molar-refractivity contribution >= 4 is 0 Å². The number of benzene rings is 2. The van der Waals surface area contributed by atoms with E-state index < -0.39 is 0 Å². The third-order valence-electron chi connectivity index (χ3n) is 2.85. The van der Waals surface area contributed by atoms with Crippen LogP contribution in [0.15, 0.2) is 48.5 Å². The Morgan fingerprint density at radius 1 is 1.00 bits per heavy atom. The highest BCUT2D eigenvalue weighted by molar-refractivity contribution is 5.46.